The summed E-state index contributed by atoms with van der Waals surface area (Å²) in [4.78, 5) is 30.0. The first-order valence-electron chi connectivity index (χ1n) is 9.40. The standard InChI is InChI=1S/C23H20N4O3/c1-30-19-14-8-7-13-18(19)25-23(29)27-21-22(28)24-17-12-6-5-11-16(17)20(26-21)15-9-3-2-4-10-15/h2-14,21H,1H3,(H,24,28)(H2,25,27,29). The summed E-state index contributed by atoms with van der Waals surface area (Å²) in [6.07, 6.45) is -1.11. The van der Waals surface area contributed by atoms with Crippen LogP contribution in [0.5, 0.6) is 5.75 Å². The fourth-order valence-corrected chi connectivity index (χ4v) is 3.21. The second-order valence-electron chi connectivity index (χ2n) is 6.58. The van der Waals surface area contributed by atoms with Crippen molar-refractivity contribution in [2.24, 2.45) is 4.99 Å². The number of rotatable bonds is 4. The number of hydrogen-bond acceptors (Lipinski definition) is 4. The Hall–Kier alpha value is -4.13. The molecule has 0 bridgehead atoms. The summed E-state index contributed by atoms with van der Waals surface area (Å²) in [5, 5.41) is 8.18. The van der Waals surface area contributed by atoms with Crippen LogP contribution in [-0.2, 0) is 4.79 Å². The molecule has 0 fully saturated rings. The summed E-state index contributed by atoms with van der Waals surface area (Å²) in [6.45, 7) is 0. The number of hydrogen-bond donors (Lipinski definition) is 3. The topological polar surface area (TPSA) is 91.8 Å². The molecule has 0 saturated heterocycles. The van der Waals surface area contributed by atoms with Crippen LogP contribution < -0.4 is 20.7 Å². The molecular weight excluding hydrogens is 380 g/mol. The van der Waals surface area contributed by atoms with E-state index in [2.05, 4.69) is 20.9 Å². The fraction of sp³-hybridized carbons (Fsp3) is 0.0870. The molecule has 7 heteroatoms. The number of fused-ring (bicyclic) bond motifs is 1. The molecular formula is C23H20N4O3. The number of urea groups is 1. The summed E-state index contributed by atoms with van der Waals surface area (Å²) in [6, 6.07) is 23.4. The molecule has 1 aliphatic rings. The Morgan fingerprint density at radius 3 is 2.47 bits per heavy atom. The number of anilines is 2. The largest absolute Gasteiger partial charge is 0.495 e. The van der Waals surface area contributed by atoms with Gasteiger partial charge in [-0.1, -0.05) is 60.7 Å². The average Bonchev–Trinajstić information content (AvgIpc) is 2.91. The summed E-state index contributed by atoms with van der Waals surface area (Å²) < 4.78 is 5.25. The van der Waals surface area contributed by atoms with Gasteiger partial charge in [-0.3, -0.25) is 4.79 Å². The molecule has 0 radical (unpaired) electrons. The van der Waals surface area contributed by atoms with Crippen molar-refractivity contribution in [3.63, 3.8) is 0 Å². The molecule has 3 aromatic carbocycles. The van der Waals surface area contributed by atoms with E-state index in [1.54, 1.807) is 24.3 Å². The minimum atomic E-state index is -1.11. The molecule has 1 aliphatic heterocycles. The Balaban J connectivity index is 1.64. The maximum absolute atomic E-state index is 12.8. The summed E-state index contributed by atoms with van der Waals surface area (Å²) in [5.41, 5.74) is 3.37. The fourth-order valence-electron chi connectivity index (χ4n) is 3.21. The van der Waals surface area contributed by atoms with Crippen molar-refractivity contribution in [1.82, 2.24) is 5.32 Å². The van der Waals surface area contributed by atoms with Gasteiger partial charge in [0, 0.05) is 11.1 Å². The van der Waals surface area contributed by atoms with Crippen molar-refractivity contribution in [2.75, 3.05) is 17.7 Å². The zero-order chi connectivity index (χ0) is 20.9. The molecule has 4 rings (SSSR count). The molecule has 3 N–H and O–H groups in total. The van der Waals surface area contributed by atoms with Crippen molar-refractivity contribution >= 4 is 29.0 Å². The van der Waals surface area contributed by atoms with Gasteiger partial charge < -0.3 is 20.7 Å². The number of para-hydroxylation sites is 3. The minimum Gasteiger partial charge on any atom is -0.495 e. The third kappa shape index (κ3) is 4.00. The predicted octanol–water partition coefficient (Wildman–Crippen LogP) is 3.63. The number of nitrogens with one attached hydrogen (secondary N) is 3. The van der Waals surface area contributed by atoms with Crippen LogP contribution >= 0.6 is 0 Å². The smallest absolute Gasteiger partial charge is 0.321 e. The summed E-state index contributed by atoms with van der Waals surface area (Å²) in [7, 11) is 1.52. The van der Waals surface area contributed by atoms with Gasteiger partial charge in [0.2, 0.25) is 6.17 Å². The first-order chi connectivity index (χ1) is 14.7. The van der Waals surface area contributed by atoms with Crippen LogP contribution in [0, 0.1) is 0 Å². The highest BCUT2D eigenvalue weighted by Gasteiger charge is 2.27. The van der Waals surface area contributed by atoms with Crippen LogP contribution in [0.15, 0.2) is 83.9 Å². The second-order valence-corrected chi connectivity index (χ2v) is 6.58. The van der Waals surface area contributed by atoms with Crippen LogP contribution in [0.4, 0.5) is 16.2 Å². The zero-order valence-corrected chi connectivity index (χ0v) is 16.3. The number of benzodiazepines with no additional fused rings is 1. The van der Waals surface area contributed by atoms with E-state index in [1.807, 2.05) is 54.6 Å². The lowest BCUT2D eigenvalue weighted by molar-refractivity contribution is -0.117. The van der Waals surface area contributed by atoms with Gasteiger partial charge in [0.15, 0.2) is 0 Å². The summed E-state index contributed by atoms with van der Waals surface area (Å²) >= 11 is 0. The van der Waals surface area contributed by atoms with Crippen LogP contribution in [0.25, 0.3) is 0 Å². The van der Waals surface area contributed by atoms with E-state index < -0.39 is 18.1 Å². The van der Waals surface area contributed by atoms with E-state index in [0.29, 0.717) is 22.8 Å². The van der Waals surface area contributed by atoms with E-state index in [9.17, 15) is 9.59 Å². The van der Waals surface area contributed by atoms with Crippen molar-refractivity contribution in [2.45, 2.75) is 6.17 Å². The molecule has 150 valence electrons. The molecule has 1 atom stereocenters. The van der Waals surface area contributed by atoms with Gasteiger partial charge in [0.1, 0.15) is 5.75 Å². The number of aliphatic imine (C=N–C) groups is 1. The van der Waals surface area contributed by atoms with Crippen molar-refractivity contribution in [1.29, 1.82) is 0 Å². The number of amides is 3. The highest BCUT2D eigenvalue weighted by Crippen LogP contribution is 2.25. The maximum atomic E-state index is 12.8. The third-order valence-corrected chi connectivity index (χ3v) is 4.62. The summed E-state index contributed by atoms with van der Waals surface area (Å²) in [5.74, 6) is 0.0856. The normalized spacial score (nSPS) is 15.2. The van der Waals surface area contributed by atoms with E-state index in [-0.39, 0.29) is 0 Å². The molecule has 0 aromatic heterocycles. The van der Waals surface area contributed by atoms with Crippen LogP contribution in [0.3, 0.4) is 0 Å². The Kier molecular flexibility index (Phi) is 5.43. The van der Waals surface area contributed by atoms with Gasteiger partial charge in [-0.15, -0.1) is 0 Å². The number of benzene rings is 3. The molecule has 1 heterocycles. The van der Waals surface area contributed by atoms with Gasteiger partial charge in [-0.25, -0.2) is 9.79 Å². The predicted molar refractivity (Wildman–Crippen MR) is 116 cm³/mol. The van der Waals surface area contributed by atoms with Gasteiger partial charge in [0.05, 0.1) is 24.2 Å². The molecule has 30 heavy (non-hydrogen) atoms. The van der Waals surface area contributed by atoms with Crippen LogP contribution in [0.2, 0.25) is 0 Å². The highest BCUT2D eigenvalue weighted by atomic mass is 16.5. The van der Waals surface area contributed by atoms with Gasteiger partial charge in [0.25, 0.3) is 5.91 Å². The number of nitrogens with zero attached hydrogens (tertiary/aromatic N) is 1. The maximum Gasteiger partial charge on any atom is 0.321 e. The minimum absolute atomic E-state index is 0.427. The van der Waals surface area contributed by atoms with Crippen molar-refractivity contribution in [3.8, 4) is 5.75 Å². The third-order valence-electron chi connectivity index (χ3n) is 4.62. The van der Waals surface area contributed by atoms with Crippen molar-refractivity contribution < 1.29 is 14.3 Å². The molecule has 0 saturated carbocycles. The Morgan fingerprint density at radius 1 is 0.967 bits per heavy atom. The number of methoxy groups -OCH3 is 1. The first kappa shape index (κ1) is 19.2. The quantitative estimate of drug-likeness (QED) is 0.624. The van der Waals surface area contributed by atoms with Crippen molar-refractivity contribution in [3.05, 3.63) is 90.0 Å². The monoisotopic (exact) mass is 400 g/mol. The molecule has 0 spiro atoms. The van der Waals surface area contributed by atoms with E-state index in [1.165, 1.54) is 7.11 Å². The molecule has 3 amide bonds. The Labute approximate surface area is 173 Å². The Bertz CT molecular complexity index is 1110. The number of carbonyl (C=O) groups excluding carboxylic acids is 2. The molecule has 0 aliphatic carbocycles. The van der Waals surface area contributed by atoms with Crippen LogP contribution in [-0.4, -0.2) is 30.9 Å². The van der Waals surface area contributed by atoms with E-state index >= 15 is 0 Å². The van der Waals surface area contributed by atoms with E-state index in [0.717, 1.165) is 11.1 Å². The molecule has 1 unspecified atom stereocenters. The molecule has 3 aromatic rings. The zero-order valence-electron chi connectivity index (χ0n) is 16.3. The van der Waals surface area contributed by atoms with Gasteiger partial charge in [-0.2, -0.15) is 0 Å². The lowest BCUT2D eigenvalue weighted by atomic mass is 10.0. The molecule has 7 nitrogen and oxygen atoms in total. The average molecular weight is 400 g/mol. The Morgan fingerprint density at radius 2 is 1.67 bits per heavy atom. The lowest BCUT2D eigenvalue weighted by Crippen LogP contribution is -2.44. The van der Waals surface area contributed by atoms with Gasteiger partial charge >= 0.3 is 6.03 Å². The number of carbonyl (C=O) groups is 2. The van der Waals surface area contributed by atoms with E-state index in [4.69, 9.17) is 4.74 Å². The highest BCUT2D eigenvalue weighted by molar-refractivity contribution is 6.19. The lowest BCUT2D eigenvalue weighted by Gasteiger charge is -2.15. The van der Waals surface area contributed by atoms with Gasteiger partial charge in [-0.05, 0) is 18.2 Å². The number of ether oxygens (including phenoxy) is 1. The van der Waals surface area contributed by atoms with Crippen LogP contribution in [0.1, 0.15) is 11.1 Å². The first-order valence-corrected chi connectivity index (χ1v) is 9.40. The SMILES string of the molecule is COc1ccccc1NC(=O)NC1N=C(c2ccccc2)c2ccccc2NC1=O. The second kappa shape index (κ2) is 8.48.